The molecule has 0 radical (unpaired) electrons. The number of hydrazine groups is 1. The maximum absolute atomic E-state index is 14.0. The predicted octanol–water partition coefficient (Wildman–Crippen LogP) is 6.69. The molecular formula is C56H74N8O9. The number of esters is 1. The minimum Gasteiger partial charge on any atom is -0.460 e. The van der Waals surface area contributed by atoms with Crippen molar-refractivity contribution in [3.8, 4) is 11.3 Å². The first-order chi connectivity index (χ1) is 35.3. The molecule has 1 aromatic heterocycles. The zero-order valence-corrected chi connectivity index (χ0v) is 43.5. The van der Waals surface area contributed by atoms with Crippen molar-refractivity contribution in [3.63, 3.8) is 0 Å². The first-order valence-electron chi connectivity index (χ1n) is 25.6. The third-order valence-electron chi connectivity index (χ3n) is 12.8. The van der Waals surface area contributed by atoms with Gasteiger partial charge < -0.3 is 39.4 Å². The monoisotopic (exact) mass is 1000 g/mol. The maximum atomic E-state index is 14.0. The molecule has 392 valence electrons. The van der Waals surface area contributed by atoms with Crippen LogP contribution in [0.25, 0.3) is 11.3 Å². The lowest BCUT2D eigenvalue weighted by molar-refractivity contribution is -0.156. The number of pyridine rings is 1. The van der Waals surface area contributed by atoms with E-state index in [1.807, 2.05) is 62.1 Å². The van der Waals surface area contributed by atoms with E-state index >= 15 is 0 Å². The van der Waals surface area contributed by atoms with Crippen molar-refractivity contribution in [1.29, 1.82) is 0 Å². The largest absolute Gasteiger partial charge is 0.460 e. The molecular weight excluding hydrogens is 929 g/mol. The van der Waals surface area contributed by atoms with Crippen LogP contribution in [0.1, 0.15) is 102 Å². The van der Waals surface area contributed by atoms with Crippen LogP contribution in [0, 0.1) is 0 Å². The van der Waals surface area contributed by atoms with E-state index in [1.54, 1.807) is 54.5 Å². The second-order valence-electron chi connectivity index (χ2n) is 19.1. The van der Waals surface area contributed by atoms with Gasteiger partial charge in [0.1, 0.15) is 11.5 Å². The van der Waals surface area contributed by atoms with Crippen molar-refractivity contribution >= 4 is 41.0 Å². The Morgan fingerprint density at radius 3 is 2.22 bits per heavy atom. The number of aryl methyl sites for hydroxylation is 1. The average molecular weight is 1000 g/mol. The van der Waals surface area contributed by atoms with Crippen molar-refractivity contribution in [2.75, 3.05) is 116 Å². The number of nitrogens with zero attached hydrogens (tertiary/aromatic N) is 6. The summed E-state index contributed by atoms with van der Waals surface area (Å²) in [5.74, 6) is 0.823. The number of hydrogen-bond acceptors (Lipinski definition) is 14. The molecule has 1 aliphatic heterocycles. The number of nitrogens with one attached hydrogen (secondary N) is 2. The maximum Gasteiger partial charge on any atom is 0.308 e. The Hall–Kier alpha value is -6.46. The van der Waals surface area contributed by atoms with Gasteiger partial charge in [-0.15, -0.1) is 0 Å². The Bertz CT molecular complexity index is 2500. The summed E-state index contributed by atoms with van der Waals surface area (Å²) in [5.41, 5.74) is 5.78. The van der Waals surface area contributed by atoms with Crippen LogP contribution >= 0.6 is 0 Å². The number of aromatic nitrogens is 1. The van der Waals surface area contributed by atoms with Crippen LogP contribution in [0.3, 0.4) is 0 Å². The number of rotatable bonds is 26. The molecule has 1 fully saturated rings. The Kier molecular flexibility index (Phi) is 21.5. The number of amides is 3. The van der Waals surface area contributed by atoms with Crippen LogP contribution in [0.5, 0.6) is 0 Å². The van der Waals surface area contributed by atoms with E-state index in [0.717, 1.165) is 56.7 Å². The van der Waals surface area contributed by atoms with Crippen molar-refractivity contribution in [2.45, 2.75) is 71.9 Å². The van der Waals surface area contributed by atoms with Crippen molar-refractivity contribution < 1.29 is 42.9 Å². The number of hydrogen-bond donors (Lipinski definition) is 2. The van der Waals surface area contributed by atoms with E-state index < -0.39 is 5.60 Å². The normalized spacial score (nSPS) is 14.8. The van der Waals surface area contributed by atoms with E-state index in [4.69, 9.17) is 18.9 Å². The van der Waals surface area contributed by atoms with E-state index in [0.29, 0.717) is 99.4 Å². The van der Waals surface area contributed by atoms with Crippen molar-refractivity contribution in [1.82, 2.24) is 30.1 Å². The van der Waals surface area contributed by atoms with E-state index in [1.165, 1.54) is 11.8 Å². The fourth-order valence-electron chi connectivity index (χ4n) is 8.92. The molecule has 1 aliphatic carbocycles. The molecule has 0 unspecified atom stereocenters. The van der Waals surface area contributed by atoms with Gasteiger partial charge in [0.05, 0.1) is 76.2 Å². The quantitative estimate of drug-likeness (QED) is 0.0387. The van der Waals surface area contributed by atoms with Crippen molar-refractivity contribution in [2.24, 2.45) is 0 Å². The summed E-state index contributed by atoms with van der Waals surface area (Å²) in [5, 5.41) is 10.3. The highest BCUT2D eigenvalue weighted by atomic mass is 16.6. The third-order valence-corrected chi connectivity index (χ3v) is 12.8. The van der Waals surface area contributed by atoms with Gasteiger partial charge in [0.15, 0.2) is 0 Å². The number of likely N-dealkylation sites (N-methyl/N-ethyl adjacent to an activating group) is 1. The van der Waals surface area contributed by atoms with E-state index in [-0.39, 0.29) is 42.8 Å². The summed E-state index contributed by atoms with van der Waals surface area (Å²) in [6.45, 7) is 17.8. The molecule has 17 nitrogen and oxygen atoms in total. The van der Waals surface area contributed by atoms with Gasteiger partial charge in [-0.3, -0.25) is 34.1 Å². The lowest BCUT2D eigenvalue weighted by atomic mass is 9.87. The van der Waals surface area contributed by atoms with Gasteiger partial charge >= 0.3 is 5.97 Å². The summed E-state index contributed by atoms with van der Waals surface area (Å²) in [7, 11) is 1.76. The molecule has 2 heterocycles. The summed E-state index contributed by atoms with van der Waals surface area (Å²) in [4.78, 5) is 75.5. The van der Waals surface area contributed by atoms with Crippen LogP contribution in [0.2, 0.25) is 0 Å². The van der Waals surface area contributed by atoms with Gasteiger partial charge in [-0.25, -0.2) is 9.80 Å². The van der Waals surface area contributed by atoms with Crippen molar-refractivity contribution in [3.05, 3.63) is 119 Å². The van der Waals surface area contributed by atoms with Crippen LogP contribution in [0.15, 0.2) is 91.3 Å². The van der Waals surface area contributed by atoms with Crippen LogP contribution in [-0.2, 0) is 35.0 Å². The first-order valence-corrected chi connectivity index (χ1v) is 25.6. The Balaban J connectivity index is 0.967. The molecule has 0 spiro atoms. The summed E-state index contributed by atoms with van der Waals surface area (Å²) >= 11 is 0. The predicted molar refractivity (Wildman–Crippen MR) is 282 cm³/mol. The Labute approximate surface area is 430 Å². The number of ether oxygens (including phenoxy) is 4. The van der Waals surface area contributed by atoms with Gasteiger partial charge in [-0.1, -0.05) is 30.3 Å². The zero-order valence-electron chi connectivity index (χ0n) is 43.5. The van der Waals surface area contributed by atoms with Gasteiger partial charge in [-0.2, -0.15) is 0 Å². The molecule has 1 saturated heterocycles. The summed E-state index contributed by atoms with van der Waals surface area (Å²) < 4.78 is 22.0. The molecule has 0 saturated carbocycles. The highest BCUT2D eigenvalue weighted by molar-refractivity contribution is 6.08. The molecule has 6 rings (SSSR count). The number of anilines is 2. The number of benzene rings is 3. The molecule has 2 aliphatic rings. The molecule has 1 atom stereocenters. The molecule has 4 aromatic rings. The average Bonchev–Trinajstić information content (AvgIpc) is 3.39. The standard InChI is InChI=1S/C56H74N8O9/c1-7-62(8-2)46-19-20-50(48(41-46)51-40-44(21-23-57-51)54(68)58-49-18-12-14-42-13-9-10-17-47(42)49)59-53(67)43-15-11-16-45(39-43)55(69)60(6)24-25-61-26-28-63(29-27-61)64(30-32-65)31-34-71-36-38-72-37-35-70-33-22-52(66)73-56(3,4)5/h9-11,13,15-17,19-21,23,30,39-41,49H,7-8,12,14,18,22,24-29,31,33-38H2,1-6H3,(H,58,68)(H,59,67)/t49-/m0/s1. The van der Waals surface area contributed by atoms with Gasteiger partial charge in [0.25, 0.3) is 17.7 Å². The molecule has 3 aromatic carbocycles. The van der Waals surface area contributed by atoms with Gasteiger partial charge in [-0.05, 0) is 114 Å². The fourth-order valence-corrected chi connectivity index (χ4v) is 8.92. The topological polar surface area (TPSA) is 175 Å². The minimum atomic E-state index is -0.515. The van der Waals surface area contributed by atoms with Crippen LogP contribution < -0.4 is 15.5 Å². The van der Waals surface area contributed by atoms with Crippen LogP contribution in [0.4, 0.5) is 11.4 Å². The molecule has 2 N–H and O–H groups in total. The molecule has 73 heavy (non-hydrogen) atoms. The fraction of sp³-hybridized carbons (Fsp3) is 0.482. The summed E-state index contributed by atoms with van der Waals surface area (Å²) in [6.07, 6.45) is 6.07. The Morgan fingerprint density at radius 2 is 1.49 bits per heavy atom. The number of piperazine rings is 1. The molecule has 3 amide bonds. The zero-order chi connectivity index (χ0) is 52.2. The highest BCUT2D eigenvalue weighted by Crippen LogP contribution is 2.33. The number of fused-ring (bicyclic) bond motifs is 1. The van der Waals surface area contributed by atoms with Gasteiger partial charge in [0.2, 0.25) is 0 Å². The lowest BCUT2D eigenvalue weighted by Crippen LogP contribution is -2.53. The van der Waals surface area contributed by atoms with Crippen LogP contribution in [-0.4, -0.2) is 166 Å². The second kappa shape index (κ2) is 28.1. The van der Waals surface area contributed by atoms with Gasteiger partial charge in [0, 0.05) is 93.5 Å². The highest BCUT2D eigenvalue weighted by Gasteiger charge is 2.25. The SMILES string of the molecule is CCN(CC)c1ccc(NC(=O)c2cccc(C(=O)N(C)CCN3CCN(N(C=C=O)CCOCCOCCOCCC(=O)OC(C)(C)C)CC3)c2)c(-c2cc(C(=O)N[C@H]3CCCc4ccccc43)ccn2)c1. The number of carbonyl (C=O) groups is 4. The number of carbonyl (C=O) groups excluding carboxylic acids is 5. The lowest BCUT2D eigenvalue weighted by Gasteiger charge is -2.40. The van der Waals surface area contributed by atoms with E-state index in [9.17, 15) is 24.0 Å². The first kappa shape index (κ1) is 55.8. The Morgan fingerprint density at radius 1 is 0.795 bits per heavy atom. The second-order valence-corrected chi connectivity index (χ2v) is 19.1. The molecule has 0 bridgehead atoms. The third kappa shape index (κ3) is 17.1. The molecule has 17 heteroatoms. The minimum absolute atomic E-state index is 0.0776. The van der Waals surface area contributed by atoms with E-state index in [2.05, 4.69) is 56.4 Å². The summed E-state index contributed by atoms with van der Waals surface area (Å²) in [6, 6.07) is 24.2. The smallest absolute Gasteiger partial charge is 0.308 e.